The number of aliphatic imine (C=N–C) groups is 1. The Bertz CT molecular complexity index is 863. The van der Waals surface area contributed by atoms with Gasteiger partial charge >= 0.3 is 0 Å². The first kappa shape index (κ1) is 24.6. The molecule has 2 rings (SSSR count). The minimum Gasteiger partial charge on any atom is -0.370 e. The van der Waals surface area contributed by atoms with E-state index in [0.717, 1.165) is 19.3 Å². The number of nitrogens with two attached hydrogens (primary N) is 2. The second-order valence-electron chi connectivity index (χ2n) is 7.53. The van der Waals surface area contributed by atoms with Crippen LogP contribution in [0.5, 0.6) is 0 Å². The number of carbonyl (C=O) groups is 2. The summed E-state index contributed by atoms with van der Waals surface area (Å²) in [5.74, 6) is -0.604. The van der Waals surface area contributed by atoms with Crippen molar-refractivity contribution >= 4 is 27.8 Å². The van der Waals surface area contributed by atoms with Crippen LogP contribution in [-0.4, -0.2) is 52.4 Å². The third-order valence-electron chi connectivity index (χ3n) is 5.25. The summed E-state index contributed by atoms with van der Waals surface area (Å²) in [6.07, 6.45) is 3.97. The molecule has 0 bridgehead atoms. The number of sulfonamides is 1. The van der Waals surface area contributed by atoms with Gasteiger partial charge in [-0.15, -0.1) is 0 Å². The zero-order valence-electron chi connectivity index (χ0n) is 17.6. The normalized spacial score (nSPS) is 15.2. The molecule has 1 saturated carbocycles. The number of nitrogens with zero attached hydrogens (tertiary/aromatic N) is 1. The molecular formula is C20H32N6O4S. The summed E-state index contributed by atoms with van der Waals surface area (Å²) in [6, 6.07) is 8.00. The van der Waals surface area contributed by atoms with Crippen molar-refractivity contribution in [3.8, 4) is 0 Å². The maximum absolute atomic E-state index is 12.8. The Kier molecular flexibility index (Phi) is 9.25. The molecule has 0 heterocycles. The van der Waals surface area contributed by atoms with E-state index in [1.54, 1.807) is 18.2 Å². The van der Waals surface area contributed by atoms with Gasteiger partial charge in [-0.05, 0) is 37.8 Å². The Morgan fingerprint density at radius 3 is 2.16 bits per heavy atom. The fourth-order valence-electron chi connectivity index (χ4n) is 3.57. The van der Waals surface area contributed by atoms with E-state index in [1.807, 2.05) is 0 Å². The molecule has 1 aromatic rings. The van der Waals surface area contributed by atoms with Crippen molar-refractivity contribution in [2.45, 2.75) is 43.4 Å². The second kappa shape index (κ2) is 11.7. The van der Waals surface area contributed by atoms with Gasteiger partial charge in [-0.25, -0.2) is 13.1 Å². The Hall–Kier alpha value is -2.66. The van der Waals surface area contributed by atoms with Crippen molar-refractivity contribution in [1.82, 2.24) is 15.4 Å². The monoisotopic (exact) mass is 452 g/mol. The third-order valence-corrected chi connectivity index (χ3v) is 6.72. The summed E-state index contributed by atoms with van der Waals surface area (Å²) in [5, 5.41) is 5.57. The Labute approximate surface area is 183 Å². The Morgan fingerprint density at radius 2 is 1.55 bits per heavy atom. The number of unbranched alkanes of at least 4 members (excludes halogenated alkanes) is 1. The molecule has 0 saturated heterocycles. The first-order chi connectivity index (χ1) is 14.8. The summed E-state index contributed by atoms with van der Waals surface area (Å²) in [4.78, 5) is 29.6. The Balaban J connectivity index is 1.80. The molecule has 172 valence electrons. The number of benzene rings is 1. The molecule has 11 heteroatoms. The number of nitrogens with one attached hydrogen (secondary N) is 3. The van der Waals surface area contributed by atoms with E-state index in [1.165, 1.54) is 12.1 Å². The molecule has 1 aliphatic rings. The number of hydrogen-bond donors (Lipinski definition) is 5. The van der Waals surface area contributed by atoms with Crippen molar-refractivity contribution in [3.05, 3.63) is 30.3 Å². The average molecular weight is 453 g/mol. The lowest BCUT2D eigenvalue weighted by molar-refractivity contribution is -0.143. The minimum atomic E-state index is -3.64. The fraction of sp³-hybridized carbons (Fsp3) is 0.550. The minimum absolute atomic E-state index is 0.0332. The van der Waals surface area contributed by atoms with Crippen LogP contribution in [0.15, 0.2) is 40.2 Å². The van der Waals surface area contributed by atoms with Gasteiger partial charge in [0, 0.05) is 26.2 Å². The van der Waals surface area contributed by atoms with E-state index >= 15 is 0 Å². The molecule has 0 unspecified atom stereocenters. The molecule has 0 radical (unpaired) electrons. The maximum atomic E-state index is 12.8. The zero-order chi connectivity index (χ0) is 22.7. The van der Waals surface area contributed by atoms with E-state index in [2.05, 4.69) is 20.3 Å². The van der Waals surface area contributed by atoms with Gasteiger partial charge in [-0.2, -0.15) is 0 Å². The standard InChI is InChI=1S/C20H32N6O4S/c21-19(22)25-13-7-6-12-23-17(27)20(10-4-5-11-20)18(28)24-14-15-26-31(29,30)16-8-2-1-3-9-16/h1-3,8-9,26H,4-7,10-15H2,(H,23,27)(H,24,28)(H4,21,22,25). The maximum Gasteiger partial charge on any atom is 0.240 e. The smallest absolute Gasteiger partial charge is 0.240 e. The highest BCUT2D eigenvalue weighted by Crippen LogP contribution is 2.38. The number of rotatable bonds is 12. The molecule has 1 aromatic carbocycles. The largest absolute Gasteiger partial charge is 0.370 e. The van der Waals surface area contributed by atoms with Crippen LogP contribution in [0.2, 0.25) is 0 Å². The van der Waals surface area contributed by atoms with Gasteiger partial charge in [0.1, 0.15) is 5.41 Å². The lowest BCUT2D eigenvalue weighted by Gasteiger charge is -2.26. The van der Waals surface area contributed by atoms with Gasteiger partial charge in [-0.1, -0.05) is 31.0 Å². The molecule has 10 nitrogen and oxygen atoms in total. The van der Waals surface area contributed by atoms with E-state index in [-0.39, 0.29) is 35.8 Å². The first-order valence-electron chi connectivity index (χ1n) is 10.4. The van der Waals surface area contributed by atoms with Crippen LogP contribution in [0.25, 0.3) is 0 Å². The quantitative estimate of drug-likeness (QED) is 0.127. The highest BCUT2D eigenvalue weighted by Gasteiger charge is 2.47. The van der Waals surface area contributed by atoms with E-state index in [4.69, 9.17) is 11.5 Å². The number of guanidine groups is 1. The van der Waals surface area contributed by atoms with Gasteiger partial charge < -0.3 is 22.1 Å². The van der Waals surface area contributed by atoms with Crippen LogP contribution < -0.4 is 26.8 Å². The molecule has 0 spiro atoms. The molecule has 0 aliphatic heterocycles. The van der Waals surface area contributed by atoms with Gasteiger partial charge in [0.05, 0.1) is 4.90 Å². The van der Waals surface area contributed by atoms with Crippen molar-refractivity contribution in [1.29, 1.82) is 0 Å². The number of carbonyl (C=O) groups excluding carboxylic acids is 2. The van der Waals surface area contributed by atoms with Crippen LogP contribution in [0.3, 0.4) is 0 Å². The molecule has 0 aromatic heterocycles. The van der Waals surface area contributed by atoms with Crippen LogP contribution >= 0.6 is 0 Å². The van der Waals surface area contributed by atoms with Crippen LogP contribution in [0, 0.1) is 5.41 Å². The van der Waals surface area contributed by atoms with E-state index in [0.29, 0.717) is 32.4 Å². The van der Waals surface area contributed by atoms with Gasteiger partial charge in [0.2, 0.25) is 21.8 Å². The SMILES string of the molecule is NC(N)=NCCCCNC(=O)C1(C(=O)NCCNS(=O)(=O)c2ccccc2)CCCC1. The summed E-state index contributed by atoms with van der Waals surface area (Å²) < 4.78 is 26.9. The van der Waals surface area contributed by atoms with Crippen molar-refractivity contribution in [3.63, 3.8) is 0 Å². The predicted octanol–water partition coefficient (Wildman–Crippen LogP) is -0.189. The van der Waals surface area contributed by atoms with Gasteiger partial charge in [0.15, 0.2) is 5.96 Å². The molecule has 7 N–H and O–H groups in total. The van der Waals surface area contributed by atoms with Crippen molar-refractivity contribution in [2.75, 3.05) is 26.2 Å². The molecule has 2 amide bonds. The Morgan fingerprint density at radius 1 is 0.935 bits per heavy atom. The molecule has 1 aliphatic carbocycles. The summed E-state index contributed by atoms with van der Waals surface area (Å²) >= 11 is 0. The van der Waals surface area contributed by atoms with Gasteiger partial charge in [-0.3, -0.25) is 14.6 Å². The number of hydrogen-bond acceptors (Lipinski definition) is 5. The van der Waals surface area contributed by atoms with E-state index in [9.17, 15) is 18.0 Å². The molecule has 1 fully saturated rings. The summed E-state index contributed by atoms with van der Waals surface area (Å²) in [7, 11) is -3.64. The van der Waals surface area contributed by atoms with Crippen LogP contribution in [0.1, 0.15) is 38.5 Å². The number of amides is 2. The lowest BCUT2D eigenvalue weighted by atomic mass is 9.84. The van der Waals surface area contributed by atoms with Gasteiger partial charge in [0.25, 0.3) is 0 Å². The first-order valence-corrected chi connectivity index (χ1v) is 11.9. The molecule has 31 heavy (non-hydrogen) atoms. The zero-order valence-corrected chi connectivity index (χ0v) is 18.4. The lowest BCUT2D eigenvalue weighted by Crippen LogP contribution is -2.51. The average Bonchev–Trinajstić information content (AvgIpc) is 3.25. The fourth-order valence-corrected chi connectivity index (χ4v) is 4.62. The predicted molar refractivity (Wildman–Crippen MR) is 118 cm³/mol. The highest BCUT2D eigenvalue weighted by molar-refractivity contribution is 7.89. The van der Waals surface area contributed by atoms with Crippen LogP contribution in [0.4, 0.5) is 0 Å². The molecular weight excluding hydrogens is 420 g/mol. The van der Waals surface area contributed by atoms with E-state index < -0.39 is 15.4 Å². The van der Waals surface area contributed by atoms with Crippen molar-refractivity contribution < 1.29 is 18.0 Å². The third kappa shape index (κ3) is 7.21. The summed E-state index contributed by atoms with van der Waals surface area (Å²) in [5.41, 5.74) is 9.44. The topological polar surface area (TPSA) is 169 Å². The highest BCUT2D eigenvalue weighted by atomic mass is 32.2. The van der Waals surface area contributed by atoms with Crippen LogP contribution in [-0.2, 0) is 19.6 Å². The summed E-state index contributed by atoms with van der Waals surface area (Å²) in [6.45, 7) is 1.05. The second-order valence-corrected chi connectivity index (χ2v) is 9.29. The molecule has 0 atom stereocenters. The van der Waals surface area contributed by atoms with Crippen molar-refractivity contribution in [2.24, 2.45) is 21.9 Å².